The second kappa shape index (κ2) is 9.33. The van der Waals surface area contributed by atoms with E-state index in [0.717, 1.165) is 35.5 Å². The molecule has 130 valence electrons. The van der Waals surface area contributed by atoms with Crippen molar-refractivity contribution in [2.75, 3.05) is 27.4 Å². The monoisotopic (exact) mass is 322 g/mol. The molecule has 0 bridgehead atoms. The average Bonchev–Trinajstić information content (AvgIpc) is 2.56. The highest BCUT2D eigenvalue weighted by Gasteiger charge is 2.25. The second-order valence-electron chi connectivity index (χ2n) is 5.30. The summed E-state index contributed by atoms with van der Waals surface area (Å²) in [6.07, 6.45) is 4.04. The summed E-state index contributed by atoms with van der Waals surface area (Å²) in [6.45, 7) is 11.4. The molecule has 1 rings (SSSR count). The summed E-state index contributed by atoms with van der Waals surface area (Å²) in [5.74, 6) is 2.66. The van der Waals surface area contributed by atoms with Crippen molar-refractivity contribution in [3.05, 3.63) is 22.8 Å². The first-order valence-electron chi connectivity index (χ1n) is 8.24. The van der Waals surface area contributed by atoms with Gasteiger partial charge in [0.25, 0.3) is 0 Å². The summed E-state index contributed by atoms with van der Waals surface area (Å²) in [5, 5.41) is 0. The van der Waals surface area contributed by atoms with E-state index in [-0.39, 0.29) is 0 Å². The van der Waals surface area contributed by atoms with Crippen LogP contribution in [0.5, 0.6) is 23.0 Å². The van der Waals surface area contributed by atoms with Gasteiger partial charge in [-0.1, -0.05) is 18.6 Å². The molecule has 0 amide bonds. The number of rotatable bonds is 9. The van der Waals surface area contributed by atoms with E-state index < -0.39 is 0 Å². The molecule has 0 atom stereocenters. The third-order valence-corrected chi connectivity index (χ3v) is 3.88. The summed E-state index contributed by atoms with van der Waals surface area (Å²) < 4.78 is 22.8. The Morgan fingerprint density at radius 3 is 1.87 bits per heavy atom. The van der Waals surface area contributed by atoms with Gasteiger partial charge in [-0.15, -0.1) is 0 Å². The first kappa shape index (κ1) is 19.2. The fraction of sp³-hybridized carbons (Fsp3) is 0.579. The zero-order valence-electron chi connectivity index (χ0n) is 15.5. The molecule has 0 spiro atoms. The smallest absolute Gasteiger partial charge is 0.207 e. The zero-order valence-corrected chi connectivity index (χ0v) is 15.5. The number of methoxy groups -OCH3 is 2. The number of benzene rings is 1. The maximum Gasteiger partial charge on any atom is 0.207 e. The standard InChI is InChI=1S/C19H30O4/c1-8-13(4)11-12-15-14(5)16(22-9-2)18(20-6)19(21-7)17(15)23-10-3/h11H,8-10,12H2,1-7H3/b13-11+. The lowest BCUT2D eigenvalue weighted by Crippen LogP contribution is -2.07. The largest absolute Gasteiger partial charge is 0.490 e. The van der Waals surface area contributed by atoms with Gasteiger partial charge in [0.05, 0.1) is 27.4 Å². The van der Waals surface area contributed by atoms with Gasteiger partial charge in [-0.3, -0.25) is 0 Å². The Labute approximate surface area is 140 Å². The molecule has 0 aliphatic rings. The molecule has 4 heteroatoms. The molecule has 0 N–H and O–H groups in total. The second-order valence-corrected chi connectivity index (χ2v) is 5.30. The molecule has 0 aliphatic carbocycles. The molecule has 0 fully saturated rings. The summed E-state index contributed by atoms with van der Waals surface area (Å²) in [5.41, 5.74) is 3.47. The lowest BCUT2D eigenvalue weighted by Gasteiger charge is -2.22. The van der Waals surface area contributed by atoms with Gasteiger partial charge < -0.3 is 18.9 Å². The molecule has 0 aliphatic heterocycles. The first-order chi connectivity index (χ1) is 11.0. The van der Waals surface area contributed by atoms with Gasteiger partial charge in [-0.25, -0.2) is 0 Å². The number of allylic oxidation sites excluding steroid dienone is 2. The van der Waals surface area contributed by atoms with Crippen LogP contribution in [-0.2, 0) is 6.42 Å². The molecule has 0 aromatic heterocycles. The predicted octanol–water partition coefficient (Wildman–Crippen LogP) is 4.71. The van der Waals surface area contributed by atoms with Gasteiger partial charge in [0.15, 0.2) is 11.5 Å². The molecular formula is C19H30O4. The van der Waals surface area contributed by atoms with E-state index in [1.54, 1.807) is 14.2 Å². The molecule has 4 nitrogen and oxygen atoms in total. The zero-order chi connectivity index (χ0) is 17.4. The van der Waals surface area contributed by atoms with Crippen LogP contribution in [0, 0.1) is 6.92 Å². The minimum atomic E-state index is 0.566. The van der Waals surface area contributed by atoms with Crippen LogP contribution in [0.1, 0.15) is 45.2 Å². The van der Waals surface area contributed by atoms with Gasteiger partial charge in [-0.05, 0) is 40.5 Å². The van der Waals surface area contributed by atoms with E-state index in [2.05, 4.69) is 19.9 Å². The molecule has 0 radical (unpaired) electrons. The summed E-state index contributed by atoms with van der Waals surface area (Å²) >= 11 is 0. The van der Waals surface area contributed by atoms with E-state index in [4.69, 9.17) is 18.9 Å². The predicted molar refractivity (Wildman–Crippen MR) is 94.4 cm³/mol. The van der Waals surface area contributed by atoms with Gasteiger partial charge in [0, 0.05) is 11.1 Å². The molecule has 0 unspecified atom stereocenters. The van der Waals surface area contributed by atoms with Crippen molar-refractivity contribution in [1.82, 2.24) is 0 Å². The van der Waals surface area contributed by atoms with Crippen LogP contribution in [0.2, 0.25) is 0 Å². The van der Waals surface area contributed by atoms with E-state index >= 15 is 0 Å². The Kier molecular flexibility index (Phi) is 7.79. The van der Waals surface area contributed by atoms with Gasteiger partial charge in [0.1, 0.15) is 0 Å². The third-order valence-electron chi connectivity index (χ3n) is 3.88. The quantitative estimate of drug-likeness (QED) is 0.617. The van der Waals surface area contributed by atoms with Crippen molar-refractivity contribution >= 4 is 0 Å². The maximum absolute atomic E-state index is 5.89. The normalized spacial score (nSPS) is 11.3. The highest BCUT2D eigenvalue weighted by molar-refractivity contribution is 5.67. The van der Waals surface area contributed by atoms with Gasteiger partial charge in [0.2, 0.25) is 11.5 Å². The molecule has 1 aromatic carbocycles. The van der Waals surface area contributed by atoms with Crippen molar-refractivity contribution in [2.45, 2.75) is 47.5 Å². The number of hydrogen-bond donors (Lipinski definition) is 0. The highest BCUT2D eigenvalue weighted by atomic mass is 16.5. The van der Waals surface area contributed by atoms with Crippen LogP contribution in [0.4, 0.5) is 0 Å². The molecule has 0 heterocycles. The Morgan fingerprint density at radius 1 is 0.870 bits per heavy atom. The van der Waals surface area contributed by atoms with Crippen molar-refractivity contribution in [3.63, 3.8) is 0 Å². The Balaban J connectivity index is 3.58. The van der Waals surface area contributed by atoms with Crippen molar-refractivity contribution in [3.8, 4) is 23.0 Å². The molecular weight excluding hydrogens is 292 g/mol. The summed E-state index contributed by atoms with van der Waals surface area (Å²) in [6, 6.07) is 0. The van der Waals surface area contributed by atoms with Crippen molar-refractivity contribution in [1.29, 1.82) is 0 Å². The van der Waals surface area contributed by atoms with Crippen molar-refractivity contribution < 1.29 is 18.9 Å². The fourth-order valence-corrected chi connectivity index (χ4v) is 2.47. The fourth-order valence-electron chi connectivity index (χ4n) is 2.47. The first-order valence-corrected chi connectivity index (χ1v) is 8.24. The van der Waals surface area contributed by atoms with Gasteiger partial charge in [-0.2, -0.15) is 0 Å². The van der Waals surface area contributed by atoms with Crippen LogP contribution in [0.3, 0.4) is 0 Å². The van der Waals surface area contributed by atoms with Crippen LogP contribution in [0.15, 0.2) is 11.6 Å². The maximum atomic E-state index is 5.89. The Morgan fingerprint density at radius 2 is 1.39 bits per heavy atom. The van der Waals surface area contributed by atoms with E-state index in [9.17, 15) is 0 Å². The Hall–Kier alpha value is -1.84. The van der Waals surface area contributed by atoms with E-state index in [1.807, 2.05) is 20.8 Å². The van der Waals surface area contributed by atoms with E-state index in [1.165, 1.54) is 5.57 Å². The lowest BCUT2D eigenvalue weighted by molar-refractivity contribution is 0.273. The summed E-state index contributed by atoms with van der Waals surface area (Å²) in [7, 11) is 3.25. The number of ether oxygens (including phenoxy) is 4. The Bertz CT molecular complexity index is 547. The molecule has 1 aromatic rings. The number of hydrogen-bond acceptors (Lipinski definition) is 4. The topological polar surface area (TPSA) is 36.9 Å². The van der Waals surface area contributed by atoms with Gasteiger partial charge >= 0.3 is 0 Å². The van der Waals surface area contributed by atoms with Crippen molar-refractivity contribution in [2.24, 2.45) is 0 Å². The third kappa shape index (κ3) is 4.34. The minimum absolute atomic E-state index is 0.566. The van der Waals surface area contributed by atoms with Crippen LogP contribution in [0.25, 0.3) is 0 Å². The summed E-state index contributed by atoms with van der Waals surface area (Å²) in [4.78, 5) is 0. The van der Waals surface area contributed by atoms with Crippen LogP contribution >= 0.6 is 0 Å². The average molecular weight is 322 g/mol. The molecule has 23 heavy (non-hydrogen) atoms. The SMILES string of the molecule is CCOc1c(C)c(C/C=C(\C)CC)c(OCC)c(OC)c1OC. The minimum Gasteiger partial charge on any atom is -0.490 e. The molecule has 0 saturated heterocycles. The van der Waals surface area contributed by atoms with Crippen LogP contribution in [-0.4, -0.2) is 27.4 Å². The molecule has 0 saturated carbocycles. The highest BCUT2D eigenvalue weighted by Crippen LogP contribution is 2.49. The van der Waals surface area contributed by atoms with Crippen LogP contribution < -0.4 is 18.9 Å². The van der Waals surface area contributed by atoms with E-state index in [0.29, 0.717) is 24.7 Å². The lowest BCUT2D eigenvalue weighted by atomic mass is 9.99.